The lowest BCUT2D eigenvalue weighted by Crippen LogP contribution is -2.12. The van der Waals surface area contributed by atoms with E-state index in [-0.39, 0.29) is 19.4 Å². The van der Waals surface area contributed by atoms with E-state index in [1.54, 1.807) is 44.2 Å². The summed E-state index contributed by atoms with van der Waals surface area (Å²) in [5.41, 5.74) is 4.27. The number of aromatic nitrogens is 1. The maximum atomic E-state index is 12.7. The third-order valence-corrected chi connectivity index (χ3v) is 6.23. The molecule has 0 radical (unpaired) electrons. The lowest BCUT2D eigenvalue weighted by molar-refractivity contribution is -0.147. The van der Waals surface area contributed by atoms with Crippen LogP contribution in [0.5, 0.6) is 5.75 Å². The third kappa shape index (κ3) is 6.57. The van der Waals surface area contributed by atoms with Crippen LogP contribution in [-0.2, 0) is 33.8 Å². The predicted octanol–water partition coefficient (Wildman–Crippen LogP) is 6.36. The molecule has 1 N–H and O–H groups in total. The normalized spacial score (nSPS) is 11.6. The highest BCUT2D eigenvalue weighted by Crippen LogP contribution is 2.29. The number of hydrogen-bond donors (Lipinski definition) is 1. The van der Waals surface area contributed by atoms with Gasteiger partial charge in [-0.2, -0.15) is 0 Å². The van der Waals surface area contributed by atoms with Crippen LogP contribution in [-0.4, -0.2) is 22.2 Å². The molecule has 0 unspecified atom stereocenters. The number of carbonyl (C=O) groups excluding carboxylic acids is 1. The number of esters is 1. The summed E-state index contributed by atoms with van der Waals surface area (Å²) >= 11 is 6.22. The summed E-state index contributed by atoms with van der Waals surface area (Å²) < 4.78 is 17.0. The van der Waals surface area contributed by atoms with Crippen LogP contribution in [0.3, 0.4) is 0 Å². The van der Waals surface area contributed by atoms with Gasteiger partial charge in [-0.1, -0.05) is 77.4 Å². The number of rotatable bonds is 10. The first kappa shape index (κ1) is 26.0. The molecule has 0 bridgehead atoms. The maximum absolute atomic E-state index is 12.7. The fourth-order valence-electron chi connectivity index (χ4n) is 3.94. The zero-order chi connectivity index (χ0) is 26.4. The molecule has 1 atom stereocenters. The van der Waals surface area contributed by atoms with Gasteiger partial charge in [-0.05, 0) is 31.5 Å². The van der Waals surface area contributed by atoms with Gasteiger partial charge in [0.2, 0.25) is 0 Å². The molecule has 0 amide bonds. The number of nitrogens with zero attached hydrogens (tertiary/aromatic N) is 1. The molecule has 3 aromatic carbocycles. The molecule has 0 spiro atoms. The summed E-state index contributed by atoms with van der Waals surface area (Å²) in [6.45, 7) is 3.83. The van der Waals surface area contributed by atoms with Crippen LogP contribution in [0.25, 0.3) is 11.3 Å². The number of hydrogen-bond acceptors (Lipinski definition) is 6. The first-order valence-electron chi connectivity index (χ1n) is 11.7. The molecular formula is C29H26ClNO6. The highest BCUT2D eigenvalue weighted by atomic mass is 35.5. The van der Waals surface area contributed by atoms with Gasteiger partial charge in [0.05, 0.1) is 18.5 Å². The van der Waals surface area contributed by atoms with Gasteiger partial charge >= 0.3 is 11.9 Å². The van der Waals surface area contributed by atoms with E-state index in [9.17, 15) is 9.59 Å². The molecule has 190 valence electrons. The Kier molecular flexibility index (Phi) is 8.25. The van der Waals surface area contributed by atoms with Crippen molar-refractivity contribution in [1.82, 2.24) is 5.16 Å². The number of aryl methyl sites for hydroxylation is 1. The highest BCUT2D eigenvalue weighted by Gasteiger charge is 2.21. The van der Waals surface area contributed by atoms with Crippen LogP contribution < -0.4 is 4.74 Å². The average Bonchev–Trinajstić information content (AvgIpc) is 3.23. The zero-order valence-corrected chi connectivity index (χ0v) is 21.2. The Bertz CT molecular complexity index is 1400. The number of para-hydroxylation sites is 1. The van der Waals surface area contributed by atoms with Gasteiger partial charge in [-0.15, -0.1) is 0 Å². The van der Waals surface area contributed by atoms with Gasteiger partial charge in [0.15, 0.2) is 5.76 Å². The third-order valence-electron chi connectivity index (χ3n) is 5.88. The summed E-state index contributed by atoms with van der Waals surface area (Å²) in [5, 5.41) is 13.7. The Morgan fingerprint density at radius 1 is 1.00 bits per heavy atom. The lowest BCUT2D eigenvalue weighted by Gasteiger charge is -2.15. The van der Waals surface area contributed by atoms with E-state index >= 15 is 0 Å². The molecule has 7 nitrogen and oxygen atoms in total. The summed E-state index contributed by atoms with van der Waals surface area (Å²) in [6.07, 6.45) is -0.600. The van der Waals surface area contributed by atoms with E-state index in [4.69, 9.17) is 30.7 Å². The molecule has 8 heteroatoms. The molecule has 1 heterocycles. The Balaban J connectivity index is 1.42. The quantitative estimate of drug-likeness (QED) is 0.243. The standard InChI is InChI=1S/C29H26ClNO6/c1-18-24(16-28(34)36-19(2)23-8-4-5-9-25(23)30)29(37-31-18)21-13-11-20(12-14-21)17-35-26-10-6-3-7-22(26)15-27(32)33/h3-14,19H,15-17H2,1-2H3,(H,32,33)/t19-/m1/s1. The second-order valence-corrected chi connectivity index (χ2v) is 8.98. The molecule has 0 saturated heterocycles. The SMILES string of the molecule is Cc1noc(-c2ccc(COc3ccccc3CC(=O)O)cc2)c1CC(=O)O[C@H](C)c1ccccc1Cl. The van der Waals surface area contributed by atoms with E-state index in [0.717, 1.165) is 16.7 Å². The van der Waals surface area contributed by atoms with Crippen molar-refractivity contribution < 1.29 is 28.7 Å². The van der Waals surface area contributed by atoms with Gasteiger partial charge in [0.1, 0.15) is 18.5 Å². The van der Waals surface area contributed by atoms with E-state index in [0.29, 0.717) is 33.4 Å². The van der Waals surface area contributed by atoms with E-state index in [1.807, 2.05) is 42.5 Å². The fourth-order valence-corrected chi connectivity index (χ4v) is 4.23. The number of carboxylic acid groups (broad SMARTS) is 1. The Labute approximate surface area is 219 Å². The Morgan fingerprint density at radius 2 is 1.70 bits per heavy atom. The van der Waals surface area contributed by atoms with E-state index < -0.39 is 18.0 Å². The second kappa shape index (κ2) is 11.8. The number of carboxylic acids is 1. The zero-order valence-electron chi connectivity index (χ0n) is 20.4. The average molecular weight is 520 g/mol. The van der Waals surface area contributed by atoms with Crippen molar-refractivity contribution in [2.45, 2.75) is 39.4 Å². The van der Waals surface area contributed by atoms with Crippen molar-refractivity contribution in [3.05, 3.63) is 106 Å². The Morgan fingerprint density at radius 3 is 2.43 bits per heavy atom. The number of ether oxygens (including phenoxy) is 2. The van der Waals surface area contributed by atoms with Crippen molar-refractivity contribution in [2.75, 3.05) is 0 Å². The van der Waals surface area contributed by atoms with E-state index in [1.165, 1.54) is 0 Å². The van der Waals surface area contributed by atoms with Gasteiger partial charge in [-0.25, -0.2) is 0 Å². The first-order chi connectivity index (χ1) is 17.8. The predicted molar refractivity (Wildman–Crippen MR) is 138 cm³/mol. The number of carbonyl (C=O) groups is 2. The van der Waals surface area contributed by atoms with Crippen LogP contribution in [0.1, 0.15) is 41.0 Å². The van der Waals surface area contributed by atoms with Gasteiger partial charge < -0.3 is 19.1 Å². The fraction of sp³-hybridized carbons (Fsp3) is 0.207. The van der Waals surface area contributed by atoms with Gasteiger partial charge in [0.25, 0.3) is 0 Å². The molecule has 4 aromatic rings. The van der Waals surface area contributed by atoms with Crippen LogP contribution in [0.2, 0.25) is 5.02 Å². The summed E-state index contributed by atoms with van der Waals surface area (Å²) in [5.74, 6) is -0.295. The Hall–Kier alpha value is -4.10. The van der Waals surface area contributed by atoms with Crippen molar-refractivity contribution in [3.63, 3.8) is 0 Å². The van der Waals surface area contributed by atoms with Crippen molar-refractivity contribution in [3.8, 4) is 17.1 Å². The molecule has 37 heavy (non-hydrogen) atoms. The minimum absolute atomic E-state index is 0.00465. The van der Waals surface area contributed by atoms with E-state index in [2.05, 4.69) is 5.16 Å². The van der Waals surface area contributed by atoms with Crippen molar-refractivity contribution >= 4 is 23.5 Å². The minimum Gasteiger partial charge on any atom is -0.489 e. The largest absolute Gasteiger partial charge is 0.489 e. The molecule has 0 fully saturated rings. The molecule has 0 aliphatic heterocycles. The summed E-state index contributed by atoms with van der Waals surface area (Å²) in [4.78, 5) is 23.8. The summed E-state index contributed by atoms with van der Waals surface area (Å²) in [6, 6.07) is 21.8. The topological polar surface area (TPSA) is 98.9 Å². The monoisotopic (exact) mass is 519 g/mol. The molecule has 0 aliphatic rings. The molecule has 0 aliphatic carbocycles. The second-order valence-electron chi connectivity index (χ2n) is 8.57. The maximum Gasteiger partial charge on any atom is 0.311 e. The van der Waals surface area contributed by atoms with Crippen LogP contribution in [0.15, 0.2) is 77.3 Å². The highest BCUT2D eigenvalue weighted by molar-refractivity contribution is 6.31. The molecular weight excluding hydrogens is 494 g/mol. The van der Waals surface area contributed by atoms with Gasteiger partial charge in [-0.3, -0.25) is 9.59 Å². The number of benzene rings is 3. The lowest BCUT2D eigenvalue weighted by atomic mass is 10.0. The van der Waals surface area contributed by atoms with Crippen molar-refractivity contribution in [1.29, 1.82) is 0 Å². The van der Waals surface area contributed by atoms with Crippen LogP contribution >= 0.6 is 11.6 Å². The summed E-state index contributed by atoms with van der Waals surface area (Å²) in [7, 11) is 0. The molecule has 0 saturated carbocycles. The van der Waals surface area contributed by atoms with Crippen LogP contribution in [0.4, 0.5) is 0 Å². The smallest absolute Gasteiger partial charge is 0.311 e. The molecule has 4 rings (SSSR count). The number of halogens is 1. The minimum atomic E-state index is -0.916. The number of aliphatic carboxylic acids is 1. The van der Waals surface area contributed by atoms with Crippen LogP contribution in [0, 0.1) is 6.92 Å². The van der Waals surface area contributed by atoms with Gasteiger partial charge in [0, 0.05) is 27.3 Å². The van der Waals surface area contributed by atoms with Crippen molar-refractivity contribution in [2.24, 2.45) is 0 Å². The molecule has 1 aromatic heterocycles. The first-order valence-corrected chi connectivity index (χ1v) is 12.1.